The number of nitriles is 1. The number of hydrogen-bond acceptors (Lipinski definition) is 3. The molecule has 0 aliphatic carbocycles. The Bertz CT molecular complexity index is 1250. The highest BCUT2D eigenvalue weighted by atomic mass is 15.2. The number of nitrogens with one attached hydrogen (secondary N) is 1. The molecular formula is C28H26N4. The molecule has 1 N–H and O–H groups in total. The van der Waals surface area contributed by atoms with E-state index in [0.29, 0.717) is 5.56 Å². The number of aromatic amines is 1. The lowest BCUT2D eigenvalue weighted by molar-refractivity contribution is 0.175. The van der Waals surface area contributed by atoms with Gasteiger partial charge in [0.2, 0.25) is 0 Å². The zero-order chi connectivity index (χ0) is 21.9. The number of benzene rings is 3. The summed E-state index contributed by atoms with van der Waals surface area (Å²) < 4.78 is 0. The lowest BCUT2D eigenvalue weighted by Crippen LogP contribution is -2.35. The zero-order valence-corrected chi connectivity index (χ0v) is 18.3. The average Bonchev–Trinajstić information content (AvgIpc) is 3.37. The van der Waals surface area contributed by atoms with Gasteiger partial charge in [-0.25, -0.2) is 4.98 Å². The molecule has 1 aliphatic heterocycles. The Balaban J connectivity index is 1.44. The normalized spacial score (nSPS) is 14.5. The van der Waals surface area contributed by atoms with E-state index in [1.54, 1.807) is 6.33 Å². The summed E-state index contributed by atoms with van der Waals surface area (Å²) >= 11 is 0. The highest BCUT2D eigenvalue weighted by Gasteiger charge is 2.26. The molecule has 4 nitrogen and oxygen atoms in total. The third-order valence-corrected chi connectivity index (χ3v) is 6.54. The van der Waals surface area contributed by atoms with Crippen molar-refractivity contribution in [3.8, 4) is 17.2 Å². The molecule has 158 valence electrons. The van der Waals surface area contributed by atoms with Crippen LogP contribution in [0.15, 0.2) is 79.3 Å². The molecule has 0 fully saturated rings. The summed E-state index contributed by atoms with van der Waals surface area (Å²) in [4.78, 5) is 10.2. The van der Waals surface area contributed by atoms with Crippen LogP contribution in [0.3, 0.4) is 0 Å². The molecule has 4 heteroatoms. The number of fused-ring (bicyclic) bond motifs is 1. The maximum absolute atomic E-state index is 9.11. The van der Waals surface area contributed by atoms with Gasteiger partial charge in [0, 0.05) is 19.3 Å². The summed E-state index contributed by atoms with van der Waals surface area (Å²) in [7, 11) is 0. The standard InChI is InChI=1S/C28H26N4/c1-20-4-2-3-5-26(20)24-11-10-23-12-13-32(18-25(23)15-24)28(27-17-30-19-31-27)14-21-6-8-22(16-29)9-7-21/h2-11,15,17,19,28H,12-14,18H2,1H3,(H,30,31). The first-order valence-corrected chi connectivity index (χ1v) is 11.1. The predicted octanol–water partition coefficient (Wildman–Crippen LogP) is 5.60. The van der Waals surface area contributed by atoms with E-state index in [9.17, 15) is 0 Å². The van der Waals surface area contributed by atoms with E-state index in [1.807, 2.05) is 18.3 Å². The van der Waals surface area contributed by atoms with Gasteiger partial charge in [0.1, 0.15) is 0 Å². The summed E-state index contributed by atoms with van der Waals surface area (Å²) in [5, 5.41) is 9.11. The number of nitrogens with zero attached hydrogens (tertiary/aromatic N) is 3. The van der Waals surface area contributed by atoms with Crippen LogP contribution in [0.25, 0.3) is 11.1 Å². The quantitative estimate of drug-likeness (QED) is 0.459. The van der Waals surface area contributed by atoms with Crippen molar-refractivity contribution in [3.05, 3.63) is 113 Å². The Labute approximate surface area is 189 Å². The van der Waals surface area contributed by atoms with Gasteiger partial charge in [-0.1, -0.05) is 48.5 Å². The second-order valence-electron chi connectivity index (χ2n) is 8.55. The highest BCUT2D eigenvalue weighted by Crippen LogP contribution is 2.32. The minimum Gasteiger partial charge on any atom is -0.347 e. The summed E-state index contributed by atoms with van der Waals surface area (Å²) in [6.45, 7) is 4.10. The predicted molar refractivity (Wildman–Crippen MR) is 127 cm³/mol. The van der Waals surface area contributed by atoms with Gasteiger partial charge < -0.3 is 4.98 Å². The van der Waals surface area contributed by atoms with Gasteiger partial charge in [0.15, 0.2) is 0 Å². The molecule has 2 heterocycles. The van der Waals surface area contributed by atoms with E-state index in [0.717, 1.165) is 31.6 Å². The van der Waals surface area contributed by atoms with Gasteiger partial charge in [0.25, 0.3) is 0 Å². The molecule has 32 heavy (non-hydrogen) atoms. The van der Waals surface area contributed by atoms with Crippen LogP contribution < -0.4 is 0 Å². The fourth-order valence-electron chi connectivity index (χ4n) is 4.73. The van der Waals surface area contributed by atoms with Crippen molar-refractivity contribution in [2.75, 3.05) is 6.54 Å². The van der Waals surface area contributed by atoms with Gasteiger partial charge in [-0.05, 0) is 71.3 Å². The second kappa shape index (κ2) is 8.82. The summed E-state index contributed by atoms with van der Waals surface area (Å²) in [5.41, 5.74) is 9.79. The molecular weight excluding hydrogens is 392 g/mol. The Morgan fingerprint density at radius 1 is 1.06 bits per heavy atom. The first-order chi connectivity index (χ1) is 15.7. The van der Waals surface area contributed by atoms with E-state index in [-0.39, 0.29) is 6.04 Å². The maximum Gasteiger partial charge on any atom is 0.0991 e. The van der Waals surface area contributed by atoms with Crippen molar-refractivity contribution in [2.24, 2.45) is 0 Å². The van der Waals surface area contributed by atoms with E-state index in [4.69, 9.17) is 5.26 Å². The lowest BCUT2D eigenvalue weighted by atomic mass is 9.91. The average molecular weight is 419 g/mol. The van der Waals surface area contributed by atoms with Crippen LogP contribution >= 0.6 is 0 Å². The van der Waals surface area contributed by atoms with Gasteiger partial charge >= 0.3 is 0 Å². The Morgan fingerprint density at radius 3 is 2.66 bits per heavy atom. The van der Waals surface area contributed by atoms with Crippen LogP contribution in [0.2, 0.25) is 0 Å². The van der Waals surface area contributed by atoms with Crippen LogP contribution in [0.4, 0.5) is 0 Å². The van der Waals surface area contributed by atoms with Crippen molar-refractivity contribution in [1.82, 2.24) is 14.9 Å². The molecule has 0 spiro atoms. The largest absolute Gasteiger partial charge is 0.347 e. The Morgan fingerprint density at radius 2 is 1.91 bits per heavy atom. The van der Waals surface area contributed by atoms with Crippen LogP contribution in [0, 0.1) is 18.3 Å². The minimum absolute atomic E-state index is 0.209. The van der Waals surface area contributed by atoms with E-state index >= 15 is 0 Å². The molecule has 1 unspecified atom stereocenters. The third kappa shape index (κ3) is 4.08. The van der Waals surface area contributed by atoms with Gasteiger partial charge in [-0.15, -0.1) is 0 Å². The maximum atomic E-state index is 9.11. The number of H-pyrrole nitrogens is 1. The summed E-state index contributed by atoms with van der Waals surface area (Å²) in [6, 6.07) is 25.9. The fraction of sp³-hybridized carbons (Fsp3) is 0.214. The molecule has 1 aromatic heterocycles. The van der Waals surface area contributed by atoms with Crippen molar-refractivity contribution in [2.45, 2.75) is 32.4 Å². The number of rotatable bonds is 5. The molecule has 0 amide bonds. The minimum atomic E-state index is 0.209. The van der Waals surface area contributed by atoms with E-state index in [2.05, 4.69) is 82.5 Å². The molecule has 1 aliphatic rings. The van der Waals surface area contributed by atoms with Crippen LogP contribution in [0.1, 0.15) is 39.6 Å². The van der Waals surface area contributed by atoms with Crippen molar-refractivity contribution in [3.63, 3.8) is 0 Å². The summed E-state index contributed by atoms with van der Waals surface area (Å²) in [6.07, 6.45) is 5.62. The SMILES string of the molecule is Cc1ccccc1-c1ccc2c(c1)CN(C(Cc1ccc(C#N)cc1)c1cnc[nH]1)CC2. The number of imidazole rings is 1. The molecule has 0 saturated carbocycles. The summed E-state index contributed by atoms with van der Waals surface area (Å²) in [5.74, 6) is 0. The molecule has 0 bridgehead atoms. The van der Waals surface area contributed by atoms with E-state index in [1.165, 1.54) is 33.4 Å². The molecule has 0 radical (unpaired) electrons. The van der Waals surface area contributed by atoms with Crippen molar-refractivity contribution < 1.29 is 0 Å². The third-order valence-electron chi connectivity index (χ3n) is 6.54. The van der Waals surface area contributed by atoms with Crippen LogP contribution in [-0.4, -0.2) is 21.4 Å². The lowest BCUT2D eigenvalue weighted by Gasteiger charge is -2.35. The molecule has 0 saturated heterocycles. The zero-order valence-electron chi connectivity index (χ0n) is 18.3. The van der Waals surface area contributed by atoms with Gasteiger partial charge in [-0.2, -0.15) is 5.26 Å². The monoisotopic (exact) mass is 418 g/mol. The molecule has 5 rings (SSSR count). The first-order valence-electron chi connectivity index (χ1n) is 11.1. The molecule has 1 atom stereocenters. The first kappa shape index (κ1) is 20.2. The molecule has 4 aromatic rings. The van der Waals surface area contributed by atoms with Crippen LogP contribution in [0.5, 0.6) is 0 Å². The molecule has 3 aromatic carbocycles. The second-order valence-corrected chi connectivity index (χ2v) is 8.55. The van der Waals surface area contributed by atoms with Gasteiger partial charge in [0.05, 0.1) is 29.7 Å². The van der Waals surface area contributed by atoms with E-state index < -0.39 is 0 Å². The number of aryl methyl sites for hydroxylation is 1. The Hall–Kier alpha value is -3.68. The van der Waals surface area contributed by atoms with Crippen molar-refractivity contribution >= 4 is 0 Å². The Kier molecular flexibility index (Phi) is 5.58. The topological polar surface area (TPSA) is 55.7 Å². The highest BCUT2D eigenvalue weighted by molar-refractivity contribution is 5.68. The van der Waals surface area contributed by atoms with Crippen molar-refractivity contribution in [1.29, 1.82) is 5.26 Å². The van der Waals surface area contributed by atoms with Gasteiger partial charge in [-0.3, -0.25) is 4.90 Å². The smallest absolute Gasteiger partial charge is 0.0991 e. The number of aromatic nitrogens is 2. The number of hydrogen-bond donors (Lipinski definition) is 1. The fourth-order valence-corrected chi connectivity index (χ4v) is 4.73. The van der Waals surface area contributed by atoms with Crippen LogP contribution in [-0.2, 0) is 19.4 Å².